The quantitative estimate of drug-likeness (QED) is 0.179. The number of nitrogens with one attached hydrogen (secondary N) is 3. The number of aliphatic hydroxyl groups is 1. The molecule has 0 spiro atoms. The van der Waals surface area contributed by atoms with Gasteiger partial charge in [0, 0.05) is 13.1 Å². The van der Waals surface area contributed by atoms with Crippen LogP contribution in [0.25, 0.3) is 0 Å². The van der Waals surface area contributed by atoms with E-state index in [9.17, 15) is 24.3 Å². The number of carbonyl (C=O) groups is 4. The Bertz CT molecular complexity index is 1130. The zero-order chi connectivity index (χ0) is 30.1. The number of hydrogen-bond donors (Lipinski definition) is 4. The maximum absolute atomic E-state index is 13.7. The minimum Gasteiger partial charge on any atom is -0.497 e. The Labute approximate surface area is 246 Å². The lowest BCUT2D eigenvalue weighted by Gasteiger charge is -2.29. The molecule has 0 bridgehead atoms. The monoisotopic (exact) mass is 586 g/mol. The van der Waals surface area contributed by atoms with Gasteiger partial charge in [0.2, 0.25) is 17.7 Å². The first-order valence-corrected chi connectivity index (χ1v) is 14.6. The Morgan fingerprint density at radius 2 is 1.76 bits per heavy atom. The fraction of sp³-hybridized carbons (Fsp3) is 0.600. The van der Waals surface area contributed by atoms with Crippen molar-refractivity contribution < 1.29 is 38.5 Å². The Kier molecular flexibility index (Phi) is 11.5. The molecule has 0 radical (unpaired) electrons. The number of rotatable bonds is 14. The molecule has 2 saturated heterocycles. The number of nitrogens with zero attached hydrogens (tertiary/aromatic N) is 1. The highest BCUT2D eigenvalue weighted by Gasteiger charge is 2.40. The van der Waals surface area contributed by atoms with E-state index < -0.39 is 42.1 Å². The summed E-state index contributed by atoms with van der Waals surface area (Å²) in [4.78, 5) is 54.5. The number of hydrogen-bond acceptors (Lipinski definition) is 9. The van der Waals surface area contributed by atoms with Crippen molar-refractivity contribution in [3.8, 4) is 5.75 Å². The van der Waals surface area contributed by atoms with E-state index in [2.05, 4.69) is 22.0 Å². The van der Waals surface area contributed by atoms with E-state index in [0.717, 1.165) is 31.3 Å². The van der Waals surface area contributed by atoms with Crippen molar-refractivity contribution >= 4 is 23.5 Å². The zero-order valence-electron chi connectivity index (χ0n) is 24.3. The van der Waals surface area contributed by atoms with Crippen molar-refractivity contribution in [2.24, 2.45) is 0 Å². The van der Waals surface area contributed by atoms with Gasteiger partial charge in [-0.2, -0.15) is 0 Å². The number of benzene rings is 1. The van der Waals surface area contributed by atoms with E-state index in [1.807, 2.05) is 4.90 Å². The molecule has 12 heteroatoms. The maximum atomic E-state index is 13.7. The van der Waals surface area contributed by atoms with Crippen LogP contribution >= 0.6 is 0 Å². The molecule has 2 heterocycles. The van der Waals surface area contributed by atoms with Crippen LogP contribution in [0.5, 0.6) is 5.75 Å². The summed E-state index contributed by atoms with van der Waals surface area (Å²) in [6.07, 6.45) is 4.32. The van der Waals surface area contributed by atoms with Crippen molar-refractivity contribution in [2.75, 3.05) is 46.6 Å². The van der Waals surface area contributed by atoms with Gasteiger partial charge in [-0.3, -0.25) is 24.1 Å². The number of morpholine rings is 1. The zero-order valence-corrected chi connectivity index (χ0v) is 24.3. The SMILES string of the molecule is COc1ccc([C@@H](O)[C@H](NC(=O)[C@H](C)NC(=O)CN2CCOCC2)C(=O)N[C@@H](CC2=CCCCC2)C(=O)[C@H]2CO2)cc1. The Hall–Kier alpha value is -3.32. The minimum absolute atomic E-state index is 0.113. The van der Waals surface area contributed by atoms with Crippen LogP contribution in [0.1, 0.15) is 50.7 Å². The predicted molar refractivity (Wildman–Crippen MR) is 153 cm³/mol. The van der Waals surface area contributed by atoms with Gasteiger partial charge in [0.15, 0.2) is 5.78 Å². The molecule has 4 rings (SSSR count). The third kappa shape index (κ3) is 9.09. The molecule has 5 atom stereocenters. The molecule has 42 heavy (non-hydrogen) atoms. The standard InChI is InChI=1S/C30H42N4O8/c1-19(31-25(35)17-34-12-14-41-15-13-34)29(38)33-26(27(36)21-8-10-22(40-2)11-9-21)30(39)32-23(28(37)24-18-42-24)16-20-6-4-3-5-7-20/h6,8-11,19,23-24,26-27,36H,3-5,7,12-18H2,1-2H3,(H,31,35)(H,32,39)(H,33,38)/t19-,23-,24+,26-,27+/m0/s1. The Morgan fingerprint density at radius 3 is 2.38 bits per heavy atom. The molecule has 2 fully saturated rings. The molecule has 0 unspecified atom stereocenters. The van der Waals surface area contributed by atoms with Gasteiger partial charge in [-0.05, 0) is 56.7 Å². The third-order valence-electron chi connectivity index (χ3n) is 7.76. The minimum atomic E-state index is -1.45. The second-order valence-electron chi connectivity index (χ2n) is 11.0. The van der Waals surface area contributed by atoms with E-state index in [1.165, 1.54) is 14.0 Å². The number of ether oxygens (including phenoxy) is 3. The van der Waals surface area contributed by atoms with E-state index in [4.69, 9.17) is 14.2 Å². The molecule has 3 aliphatic rings. The van der Waals surface area contributed by atoms with Gasteiger partial charge >= 0.3 is 0 Å². The van der Waals surface area contributed by atoms with Crippen LogP contribution in [0.3, 0.4) is 0 Å². The lowest BCUT2D eigenvalue weighted by atomic mass is 9.91. The summed E-state index contributed by atoms with van der Waals surface area (Å²) in [5.74, 6) is -1.38. The largest absolute Gasteiger partial charge is 0.497 e. The maximum Gasteiger partial charge on any atom is 0.246 e. The van der Waals surface area contributed by atoms with Gasteiger partial charge in [-0.25, -0.2) is 0 Å². The van der Waals surface area contributed by atoms with Crippen LogP contribution in [0.15, 0.2) is 35.9 Å². The van der Waals surface area contributed by atoms with Crippen molar-refractivity contribution in [1.29, 1.82) is 0 Å². The lowest BCUT2D eigenvalue weighted by Crippen LogP contribution is -2.58. The normalized spacial score (nSPS) is 21.6. The molecular formula is C30H42N4O8. The number of epoxide rings is 1. The molecule has 2 aliphatic heterocycles. The van der Waals surface area contributed by atoms with E-state index >= 15 is 0 Å². The highest BCUT2D eigenvalue weighted by molar-refractivity contribution is 5.97. The first kappa shape index (κ1) is 31.6. The second kappa shape index (κ2) is 15.2. The van der Waals surface area contributed by atoms with Crippen molar-refractivity contribution in [3.63, 3.8) is 0 Å². The average Bonchev–Trinajstić information content (AvgIpc) is 3.85. The molecule has 1 aromatic rings. The van der Waals surface area contributed by atoms with E-state index in [1.54, 1.807) is 24.3 Å². The Balaban J connectivity index is 1.47. The third-order valence-corrected chi connectivity index (χ3v) is 7.76. The highest BCUT2D eigenvalue weighted by atomic mass is 16.6. The number of allylic oxidation sites excluding steroid dienone is 1. The van der Waals surface area contributed by atoms with Gasteiger partial charge in [-0.15, -0.1) is 0 Å². The topological polar surface area (TPSA) is 159 Å². The van der Waals surface area contributed by atoms with Crippen LogP contribution in [-0.2, 0) is 28.7 Å². The summed E-state index contributed by atoms with van der Waals surface area (Å²) in [6, 6.07) is 3.17. The first-order chi connectivity index (χ1) is 20.2. The lowest BCUT2D eigenvalue weighted by molar-refractivity contribution is -0.136. The predicted octanol–water partition coefficient (Wildman–Crippen LogP) is 0.394. The number of ketones is 1. The van der Waals surface area contributed by atoms with Gasteiger partial charge in [0.1, 0.15) is 30.0 Å². The second-order valence-corrected chi connectivity index (χ2v) is 11.0. The van der Waals surface area contributed by atoms with Gasteiger partial charge in [0.05, 0.1) is 39.5 Å². The van der Waals surface area contributed by atoms with E-state index in [0.29, 0.717) is 50.6 Å². The Morgan fingerprint density at radius 1 is 1.05 bits per heavy atom. The summed E-state index contributed by atoms with van der Waals surface area (Å²) in [6.45, 7) is 4.24. The van der Waals surface area contributed by atoms with Gasteiger partial charge < -0.3 is 35.3 Å². The number of amides is 3. The molecule has 1 aromatic carbocycles. The van der Waals surface area contributed by atoms with E-state index in [-0.39, 0.29) is 18.2 Å². The summed E-state index contributed by atoms with van der Waals surface area (Å²) in [5.41, 5.74) is 1.46. The van der Waals surface area contributed by atoms with Crippen LogP contribution in [0.2, 0.25) is 0 Å². The molecule has 12 nitrogen and oxygen atoms in total. The number of methoxy groups -OCH3 is 1. The van der Waals surface area contributed by atoms with Crippen LogP contribution < -0.4 is 20.7 Å². The molecule has 1 aliphatic carbocycles. The summed E-state index contributed by atoms with van der Waals surface area (Å²) in [7, 11) is 1.51. The highest BCUT2D eigenvalue weighted by Crippen LogP contribution is 2.25. The van der Waals surface area contributed by atoms with Crippen molar-refractivity contribution in [3.05, 3.63) is 41.5 Å². The first-order valence-electron chi connectivity index (χ1n) is 14.6. The van der Waals surface area contributed by atoms with Gasteiger partial charge in [-0.1, -0.05) is 23.8 Å². The molecule has 3 amide bonds. The summed E-state index contributed by atoms with van der Waals surface area (Å²) < 4.78 is 15.7. The fourth-order valence-corrected chi connectivity index (χ4v) is 5.15. The number of Topliss-reactive ketones (excluding diaryl/α,β-unsaturated/α-hetero) is 1. The number of aliphatic hydroxyl groups excluding tert-OH is 1. The molecule has 230 valence electrons. The van der Waals surface area contributed by atoms with Crippen LogP contribution in [0.4, 0.5) is 0 Å². The summed E-state index contributed by atoms with van der Waals surface area (Å²) in [5, 5.41) is 19.3. The summed E-state index contributed by atoms with van der Waals surface area (Å²) >= 11 is 0. The molecule has 4 N–H and O–H groups in total. The molecule has 0 saturated carbocycles. The van der Waals surface area contributed by atoms with Gasteiger partial charge in [0.25, 0.3) is 0 Å². The smallest absolute Gasteiger partial charge is 0.246 e. The van der Waals surface area contributed by atoms with Crippen LogP contribution in [0, 0.1) is 0 Å². The number of carbonyl (C=O) groups excluding carboxylic acids is 4. The molecule has 0 aromatic heterocycles. The molecular weight excluding hydrogens is 544 g/mol. The van der Waals surface area contributed by atoms with Crippen molar-refractivity contribution in [1.82, 2.24) is 20.9 Å². The van der Waals surface area contributed by atoms with Crippen molar-refractivity contribution in [2.45, 2.75) is 69.4 Å². The average molecular weight is 587 g/mol. The fourth-order valence-electron chi connectivity index (χ4n) is 5.15. The van der Waals surface area contributed by atoms with Crippen LogP contribution in [-0.4, -0.2) is 104 Å².